The first-order chi connectivity index (χ1) is 9.60. The van der Waals surface area contributed by atoms with Gasteiger partial charge in [-0.05, 0) is 67.5 Å². The molecule has 116 valence electrons. The van der Waals surface area contributed by atoms with Gasteiger partial charge in [0.25, 0.3) is 5.91 Å². The largest absolute Gasteiger partial charge is 0.458 e. The smallest absolute Gasteiger partial charge is 0.329 e. The van der Waals surface area contributed by atoms with Crippen LogP contribution in [-0.4, -0.2) is 23.5 Å². The van der Waals surface area contributed by atoms with Crippen molar-refractivity contribution in [2.75, 3.05) is 0 Å². The summed E-state index contributed by atoms with van der Waals surface area (Å²) in [4.78, 5) is 24.5. The van der Waals surface area contributed by atoms with E-state index < -0.39 is 17.6 Å². The average molecular weight is 403 g/mol. The van der Waals surface area contributed by atoms with Gasteiger partial charge in [0.15, 0.2) is 0 Å². The third-order valence-electron chi connectivity index (χ3n) is 2.70. The van der Waals surface area contributed by atoms with Crippen molar-refractivity contribution in [3.63, 3.8) is 0 Å². The number of rotatable bonds is 4. The molecule has 0 aliphatic carbocycles. The van der Waals surface area contributed by atoms with Crippen LogP contribution in [0.5, 0.6) is 0 Å². The van der Waals surface area contributed by atoms with Gasteiger partial charge in [0.2, 0.25) is 0 Å². The van der Waals surface area contributed by atoms with Crippen LogP contribution in [0, 0.1) is 9.49 Å². The summed E-state index contributed by atoms with van der Waals surface area (Å²) in [6.45, 7) is 9.18. The molecule has 1 aromatic rings. The summed E-state index contributed by atoms with van der Waals surface area (Å²) >= 11 is 2.15. The van der Waals surface area contributed by atoms with Crippen LogP contribution in [0.15, 0.2) is 24.3 Å². The Hall–Kier alpha value is -1.11. The molecule has 4 nitrogen and oxygen atoms in total. The lowest BCUT2D eigenvalue weighted by molar-refractivity contribution is -0.158. The van der Waals surface area contributed by atoms with E-state index in [1.54, 1.807) is 12.1 Å². The number of benzene rings is 1. The van der Waals surface area contributed by atoms with Gasteiger partial charge in [-0.1, -0.05) is 19.9 Å². The molecule has 0 heterocycles. The highest BCUT2D eigenvalue weighted by Gasteiger charge is 2.29. The molecule has 1 aromatic carbocycles. The molecule has 0 aromatic heterocycles. The second-order valence-electron chi connectivity index (χ2n) is 6.24. The highest BCUT2D eigenvalue weighted by atomic mass is 127. The maximum Gasteiger partial charge on any atom is 0.329 e. The molecule has 21 heavy (non-hydrogen) atoms. The molecular weight excluding hydrogens is 381 g/mol. The zero-order chi connectivity index (χ0) is 16.2. The number of esters is 1. The van der Waals surface area contributed by atoms with Crippen molar-refractivity contribution in [3.05, 3.63) is 33.4 Å². The minimum atomic E-state index is -0.658. The van der Waals surface area contributed by atoms with Gasteiger partial charge in [0, 0.05) is 9.13 Å². The second kappa shape index (κ2) is 7.24. The summed E-state index contributed by atoms with van der Waals surface area (Å²) in [6.07, 6.45) is 0. The van der Waals surface area contributed by atoms with Crippen molar-refractivity contribution in [3.8, 4) is 0 Å². The number of amides is 1. The molecule has 1 atom stereocenters. The van der Waals surface area contributed by atoms with Crippen molar-refractivity contribution in [2.45, 2.75) is 46.3 Å². The number of hydrogen-bond donors (Lipinski definition) is 1. The standard InChI is InChI=1S/C16H22INO3/c1-10(2)13(15(20)21-16(3,4)5)18-14(19)11-7-6-8-12(17)9-11/h6-10,13H,1-5H3,(H,18,19)/t13-/m0/s1. The van der Waals surface area contributed by atoms with Gasteiger partial charge in [0.1, 0.15) is 11.6 Å². The first-order valence-corrected chi connectivity index (χ1v) is 7.97. The van der Waals surface area contributed by atoms with E-state index in [2.05, 4.69) is 27.9 Å². The van der Waals surface area contributed by atoms with E-state index in [9.17, 15) is 9.59 Å². The Morgan fingerprint density at radius 3 is 2.33 bits per heavy atom. The molecule has 0 aliphatic heterocycles. The maximum atomic E-state index is 12.3. The molecule has 0 fully saturated rings. The summed E-state index contributed by atoms with van der Waals surface area (Å²) in [7, 11) is 0. The highest BCUT2D eigenvalue weighted by molar-refractivity contribution is 14.1. The Labute approximate surface area is 139 Å². The number of carbonyl (C=O) groups excluding carboxylic acids is 2. The Bertz CT molecular complexity index is 520. The van der Waals surface area contributed by atoms with Gasteiger partial charge in [-0.3, -0.25) is 4.79 Å². The Morgan fingerprint density at radius 1 is 1.24 bits per heavy atom. The topological polar surface area (TPSA) is 55.4 Å². The van der Waals surface area contributed by atoms with Crippen LogP contribution in [-0.2, 0) is 9.53 Å². The molecule has 1 N–H and O–H groups in total. The monoisotopic (exact) mass is 403 g/mol. The lowest BCUT2D eigenvalue weighted by Crippen LogP contribution is -2.47. The summed E-state index contributed by atoms with van der Waals surface area (Å²) in [6, 6.07) is 6.57. The Kier molecular flexibility index (Phi) is 6.19. The first kappa shape index (κ1) is 17.9. The van der Waals surface area contributed by atoms with Crippen LogP contribution in [0.2, 0.25) is 0 Å². The quantitative estimate of drug-likeness (QED) is 0.620. The second-order valence-corrected chi connectivity index (χ2v) is 7.48. The van der Waals surface area contributed by atoms with E-state index in [1.807, 2.05) is 46.8 Å². The minimum absolute atomic E-state index is 0.0495. The predicted octanol–water partition coefficient (Wildman–Crippen LogP) is 3.39. The van der Waals surface area contributed by atoms with Gasteiger partial charge >= 0.3 is 5.97 Å². The normalized spacial score (nSPS) is 12.9. The van der Waals surface area contributed by atoms with E-state index in [0.29, 0.717) is 5.56 Å². The SMILES string of the molecule is CC(C)[C@H](NC(=O)c1cccc(I)c1)C(=O)OC(C)(C)C. The number of ether oxygens (including phenoxy) is 1. The van der Waals surface area contributed by atoms with Gasteiger partial charge in [-0.15, -0.1) is 0 Å². The number of carbonyl (C=O) groups is 2. The molecule has 0 unspecified atom stereocenters. The number of hydrogen-bond acceptors (Lipinski definition) is 3. The third-order valence-corrected chi connectivity index (χ3v) is 3.37. The van der Waals surface area contributed by atoms with E-state index in [0.717, 1.165) is 3.57 Å². The molecule has 0 saturated carbocycles. The van der Waals surface area contributed by atoms with E-state index in [-0.39, 0.29) is 11.8 Å². The summed E-state index contributed by atoms with van der Waals surface area (Å²) in [5.41, 5.74) is -0.0343. The average Bonchev–Trinajstić information content (AvgIpc) is 2.32. The lowest BCUT2D eigenvalue weighted by Gasteiger charge is -2.26. The van der Waals surface area contributed by atoms with Crippen LogP contribution in [0.4, 0.5) is 0 Å². The van der Waals surface area contributed by atoms with Crippen molar-refractivity contribution < 1.29 is 14.3 Å². The summed E-state index contributed by atoms with van der Waals surface area (Å²) in [5, 5.41) is 2.77. The zero-order valence-electron chi connectivity index (χ0n) is 13.1. The number of nitrogens with one attached hydrogen (secondary N) is 1. The molecular formula is C16H22INO3. The van der Waals surface area contributed by atoms with Crippen LogP contribution in [0.25, 0.3) is 0 Å². The van der Waals surface area contributed by atoms with Crippen LogP contribution in [0.1, 0.15) is 45.0 Å². The van der Waals surface area contributed by atoms with E-state index in [1.165, 1.54) is 0 Å². The fourth-order valence-electron chi connectivity index (χ4n) is 1.72. The molecule has 0 spiro atoms. The molecule has 0 aliphatic rings. The van der Waals surface area contributed by atoms with Gasteiger partial charge < -0.3 is 10.1 Å². The van der Waals surface area contributed by atoms with E-state index >= 15 is 0 Å². The maximum absolute atomic E-state index is 12.3. The zero-order valence-corrected chi connectivity index (χ0v) is 15.2. The molecule has 0 radical (unpaired) electrons. The van der Waals surface area contributed by atoms with Crippen molar-refractivity contribution in [1.82, 2.24) is 5.32 Å². The van der Waals surface area contributed by atoms with Gasteiger partial charge in [-0.25, -0.2) is 4.79 Å². The fourth-order valence-corrected chi connectivity index (χ4v) is 2.26. The van der Waals surface area contributed by atoms with Crippen LogP contribution >= 0.6 is 22.6 Å². The van der Waals surface area contributed by atoms with Gasteiger partial charge in [-0.2, -0.15) is 0 Å². The molecule has 1 amide bonds. The Balaban J connectivity index is 2.84. The third kappa shape index (κ3) is 6.03. The molecule has 0 bridgehead atoms. The van der Waals surface area contributed by atoms with Crippen molar-refractivity contribution in [1.29, 1.82) is 0 Å². The number of halogens is 1. The van der Waals surface area contributed by atoms with Gasteiger partial charge in [0.05, 0.1) is 0 Å². The lowest BCUT2D eigenvalue weighted by atomic mass is 10.0. The van der Waals surface area contributed by atoms with Crippen LogP contribution in [0.3, 0.4) is 0 Å². The minimum Gasteiger partial charge on any atom is -0.458 e. The fraction of sp³-hybridized carbons (Fsp3) is 0.500. The van der Waals surface area contributed by atoms with E-state index in [4.69, 9.17) is 4.74 Å². The molecule has 1 rings (SSSR count). The predicted molar refractivity (Wildman–Crippen MR) is 91.1 cm³/mol. The van der Waals surface area contributed by atoms with Crippen molar-refractivity contribution >= 4 is 34.5 Å². The molecule has 5 heteroatoms. The first-order valence-electron chi connectivity index (χ1n) is 6.89. The summed E-state index contributed by atoms with van der Waals surface area (Å²) < 4.78 is 6.34. The summed E-state index contributed by atoms with van der Waals surface area (Å²) in [5.74, 6) is -0.721. The van der Waals surface area contributed by atoms with Crippen molar-refractivity contribution in [2.24, 2.45) is 5.92 Å². The Morgan fingerprint density at radius 2 is 1.86 bits per heavy atom. The highest BCUT2D eigenvalue weighted by Crippen LogP contribution is 2.14. The molecule has 0 saturated heterocycles. The van der Waals surface area contributed by atoms with Crippen LogP contribution < -0.4 is 5.32 Å².